The van der Waals surface area contributed by atoms with E-state index >= 15 is 0 Å². The van der Waals surface area contributed by atoms with Crippen molar-refractivity contribution in [1.82, 2.24) is 19.3 Å². The van der Waals surface area contributed by atoms with Gasteiger partial charge in [0.05, 0.1) is 12.3 Å². The standard InChI is InChI=1S/C26H37N5O3S/c1-7-11-20-22-23(31(9-3)29-20)24(32)30(21(8-2)28-22)17-16-27-18-12-14-19(15-13-18)35-26(5,6)25(33)34-10-4/h12-15,27H,7-11,16-17H2,1-6H3. The highest BCUT2D eigenvalue weighted by atomic mass is 32.2. The van der Waals surface area contributed by atoms with Gasteiger partial charge in [0.2, 0.25) is 0 Å². The molecule has 0 aliphatic carbocycles. The molecule has 35 heavy (non-hydrogen) atoms. The summed E-state index contributed by atoms with van der Waals surface area (Å²) in [4.78, 5) is 31.4. The number of rotatable bonds is 12. The molecule has 1 N–H and O–H groups in total. The third-order valence-electron chi connectivity index (χ3n) is 5.76. The number of thioether (sulfide) groups is 1. The molecule has 1 aromatic carbocycles. The minimum Gasteiger partial charge on any atom is -0.465 e. The van der Waals surface area contributed by atoms with Gasteiger partial charge in [-0.25, -0.2) is 4.98 Å². The van der Waals surface area contributed by atoms with E-state index in [2.05, 4.69) is 17.3 Å². The Morgan fingerprint density at radius 2 is 1.86 bits per heavy atom. The Hall–Kier alpha value is -2.81. The molecule has 0 aliphatic rings. The Kier molecular flexibility index (Phi) is 8.99. The first kappa shape index (κ1) is 26.8. The number of fused-ring (bicyclic) bond motifs is 1. The van der Waals surface area contributed by atoms with Gasteiger partial charge in [-0.15, -0.1) is 11.8 Å². The van der Waals surface area contributed by atoms with Gasteiger partial charge in [-0.2, -0.15) is 5.10 Å². The van der Waals surface area contributed by atoms with Crippen LogP contribution in [-0.4, -0.2) is 43.2 Å². The highest BCUT2D eigenvalue weighted by Crippen LogP contribution is 2.34. The average Bonchev–Trinajstić information content (AvgIpc) is 3.19. The predicted molar refractivity (Wildman–Crippen MR) is 142 cm³/mol. The van der Waals surface area contributed by atoms with Gasteiger partial charge >= 0.3 is 5.97 Å². The lowest BCUT2D eigenvalue weighted by molar-refractivity contribution is -0.145. The van der Waals surface area contributed by atoms with E-state index < -0.39 is 4.75 Å². The SMILES string of the molecule is CCCc1nn(CC)c2c(=O)n(CCNc3ccc(SC(C)(C)C(=O)OCC)cc3)c(CC)nc12. The van der Waals surface area contributed by atoms with Gasteiger partial charge < -0.3 is 10.1 Å². The summed E-state index contributed by atoms with van der Waals surface area (Å²) in [5.74, 6) is 0.562. The maximum absolute atomic E-state index is 13.4. The van der Waals surface area contributed by atoms with Crippen molar-refractivity contribution in [2.45, 2.75) is 83.5 Å². The van der Waals surface area contributed by atoms with E-state index in [1.54, 1.807) is 9.25 Å². The van der Waals surface area contributed by atoms with Crippen LogP contribution in [0, 0.1) is 0 Å². The number of carbonyl (C=O) groups is 1. The van der Waals surface area contributed by atoms with E-state index in [-0.39, 0.29) is 11.5 Å². The molecule has 0 radical (unpaired) electrons. The minimum absolute atomic E-state index is 0.0294. The zero-order valence-corrected chi connectivity index (χ0v) is 22.5. The van der Waals surface area contributed by atoms with Crippen molar-refractivity contribution in [3.8, 4) is 0 Å². The highest BCUT2D eigenvalue weighted by Gasteiger charge is 2.30. The summed E-state index contributed by atoms with van der Waals surface area (Å²) < 4.78 is 8.07. The van der Waals surface area contributed by atoms with E-state index in [4.69, 9.17) is 9.72 Å². The molecule has 8 nitrogen and oxygen atoms in total. The van der Waals surface area contributed by atoms with Crippen LogP contribution in [0.1, 0.15) is 59.5 Å². The van der Waals surface area contributed by atoms with E-state index in [1.165, 1.54) is 11.8 Å². The zero-order valence-electron chi connectivity index (χ0n) is 21.7. The number of aryl methyl sites for hydroxylation is 3. The zero-order chi connectivity index (χ0) is 25.6. The van der Waals surface area contributed by atoms with Crippen molar-refractivity contribution in [3.05, 3.63) is 46.1 Å². The van der Waals surface area contributed by atoms with Gasteiger partial charge in [0.25, 0.3) is 5.56 Å². The van der Waals surface area contributed by atoms with Gasteiger partial charge in [0.1, 0.15) is 16.1 Å². The second kappa shape index (κ2) is 11.7. The number of benzene rings is 1. The fraction of sp³-hybridized carbons (Fsp3) is 0.538. The summed E-state index contributed by atoms with van der Waals surface area (Å²) in [5, 5.41) is 8.05. The summed E-state index contributed by atoms with van der Waals surface area (Å²) in [6, 6.07) is 7.94. The molecule has 0 fully saturated rings. The van der Waals surface area contributed by atoms with E-state index in [9.17, 15) is 9.59 Å². The van der Waals surface area contributed by atoms with Gasteiger partial charge in [-0.05, 0) is 58.4 Å². The maximum Gasteiger partial charge on any atom is 0.321 e. The summed E-state index contributed by atoms with van der Waals surface area (Å²) in [5.41, 5.74) is 3.17. The van der Waals surface area contributed by atoms with Crippen LogP contribution in [0.4, 0.5) is 5.69 Å². The number of esters is 1. The van der Waals surface area contributed by atoms with Gasteiger partial charge in [0.15, 0.2) is 5.52 Å². The quantitative estimate of drug-likeness (QED) is 0.286. The molecule has 0 aliphatic heterocycles. The van der Waals surface area contributed by atoms with Crippen molar-refractivity contribution in [2.24, 2.45) is 0 Å². The lowest BCUT2D eigenvalue weighted by Crippen LogP contribution is -2.30. The first-order valence-corrected chi connectivity index (χ1v) is 13.3. The first-order valence-electron chi connectivity index (χ1n) is 12.4. The van der Waals surface area contributed by atoms with Gasteiger partial charge in [-0.1, -0.05) is 20.3 Å². The number of anilines is 1. The summed E-state index contributed by atoms with van der Waals surface area (Å²) in [6.45, 7) is 13.8. The molecular formula is C26H37N5O3S. The number of nitrogens with one attached hydrogen (secondary N) is 1. The Morgan fingerprint density at radius 3 is 2.46 bits per heavy atom. The van der Waals surface area contributed by atoms with Crippen molar-refractivity contribution < 1.29 is 9.53 Å². The van der Waals surface area contributed by atoms with Crippen LogP contribution in [0.15, 0.2) is 34.0 Å². The molecule has 0 amide bonds. The second-order valence-electron chi connectivity index (χ2n) is 8.83. The van der Waals surface area contributed by atoms with E-state index in [0.29, 0.717) is 38.2 Å². The molecular weight excluding hydrogens is 462 g/mol. The second-order valence-corrected chi connectivity index (χ2v) is 10.5. The lowest BCUT2D eigenvalue weighted by Gasteiger charge is -2.21. The largest absolute Gasteiger partial charge is 0.465 e. The van der Waals surface area contributed by atoms with E-state index in [0.717, 1.165) is 40.5 Å². The van der Waals surface area contributed by atoms with Crippen LogP contribution in [-0.2, 0) is 35.5 Å². The van der Waals surface area contributed by atoms with Crippen LogP contribution in [0.3, 0.4) is 0 Å². The van der Waals surface area contributed by atoms with Crippen LogP contribution in [0.25, 0.3) is 11.0 Å². The molecule has 0 spiro atoms. The van der Waals surface area contributed by atoms with Crippen molar-refractivity contribution in [1.29, 1.82) is 0 Å². The van der Waals surface area contributed by atoms with Crippen LogP contribution in [0.2, 0.25) is 0 Å². The number of ether oxygens (including phenoxy) is 1. The number of nitrogens with zero attached hydrogens (tertiary/aromatic N) is 4. The number of aromatic nitrogens is 4. The fourth-order valence-corrected chi connectivity index (χ4v) is 5.00. The van der Waals surface area contributed by atoms with Crippen LogP contribution >= 0.6 is 11.8 Å². The van der Waals surface area contributed by atoms with Gasteiger partial charge in [-0.3, -0.25) is 18.8 Å². The van der Waals surface area contributed by atoms with Crippen LogP contribution < -0.4 is 10.9 Å². The number of carbonyl (C=O) groups excluding carboxylic acids is 1. The Balaban J connectivity index is 1.73. The molecule has 0 saturated carbocycles. The third kappa shape index (κ3) is 6.07. The molecule has 3 aromatic rings. The monoisotopic (exact) mass is 499 g/mol. The molecule has 3 rings (SSSR count). The highest BCUT2D eigenvalue weighted by molar-refractivity contribution is 8.01. The first-order chi connectivity index (χ1) is 16.7. The molecule has 0 atom stereocenters. The predicted octanol–water partition coefficient (Wildman–Crippen LogP) is 4.67. The molecule has 2 heterocycles. The normalized spacial score (nSPS) is 11.7. The van der Waals surface area contributed by atoms with Crippen LogP contribution in [0.5, 0.6) is 0 Å². The Bertz CT molecular complexity index is 1210. The number of hydrogen-bond donors (Lipinski definition) is 1. The number of hydrogen-bond acceptors (Lipinski definition) is 7. The third-order valence-corrected chi connectivity index (χ3v) is 6.94. The lowest BCUT2D eigenvalue weighted by atomic mass is 10.2. The summed E-state index contributed by atoms with van der Waals surface area (Å²) >= 11 is 1.48. The molecule has 9 heteroatoms. The minimum atomic E-state index is -0.656. The molecule has 190 valence electrons. The molecule has 0 unspecified atom stereocenters. The maximum atomic E-state index is 13.4. The van der Waals surface area contributed by atoms with Crippen molar-refractivity contribution in [2.75, 3.05) is 18.5 Å². The van der Waals surface area contributed by atoms with Crippen molar-refractivity contribution in [3.63, 3.8) is 0 Å². The summed E-state index contributed by atoms with van der Waals surface area (Å²) in [7, 11) is 0. The summed E-state index contributed by atoms with van der Waals surface area (Å²) in [6.07, 6.45) is 2.45. The molecule has 0 saturated heterocycles. The van der Waals surface area contributed by atoms with Gasteiger partial charge in [0, 0.05) is 36.6 Å². The fourth-order valence-electron chi connectivity index (χ4n) is 3.99. The topological polar surface area (TPSA) is 91.0 Å². The Labute approximate surface area is 211 Å². The Morgan fingerprint density at radius 1 is 1.14 bits per heavy atom. The smallest absolute Gasteiger partial charge is 0.321 e. The van der Waals surface area contributed by atoms with E-state index in [1.807, 2.05) is 58.9 Å². The molecule has 0 bridgehead atoms. The van der Waals surface area contributed by atoms with Crippen molar-refractivity contribution >= 4 is 34.5 Å². The average molecular weight is 500 g/mol. The molecule has 2 aromatic heterocycles.